The molecular formula is C16H29N5. The van der Waals surface area contributed by atoms with Gasteiger partial charge in [-0.05, 0) is 38.4 Å². The van der Waals surface area contributed by atoms with E-state index in [2.05, 4.69) is 41.0 Å². The van der Waals surface area contributed by atoms with E-state index in [1.807, 2.05) is 12.4 Å². The van der Waals surface area contributed by atoms with Crippen LogP contribution in [0.25, 0.3) is 0 Å². The largest absolute Gasteiger partial charge is 0.357 e. The van der Waals surface area contributed by atoms with E-state index in [0.29, 0.717) is 5.92 Å². The highest BCUT2D eigenvalue weighted by Gasteiger charge is 2.12. The Kier molecular flexibility index (Phi) is 6.39. The van der Waals surface area contributed by atoms with Crippen molar-refractivity contribution in [1.29, 1.82) is 0 Å². The summed E-state index contributed by atoms with van der Waals surface area (Å²) in [5.74, 6) is 1.63. The van der Waals surface area contributed by atoms with Crippen molar-refractivity contribution in [2.75, 3.05) is 44.7 Å². The topological polar surface area (TPSA) is 44.3 Å². The lowest BCUT2D eigenvalue weighted by Crippen LogP contribution is -2.32. The van der Waals surface area contributed by atoms with E-state index in [4.69, 9.17) is 4.98 Å². The first-order valence-electron chi connectivity index (χ1n) is 8.10. The second kappa shape index (κ2) is 8.29. The molecule has 1 aliphatic heterocycles. The number of hydrogen-bond acceptors (Lipinski definition) is 5. The zero-order valence-electron chi connectivity index (χ0n) is 13.7. The smallest absolute Gasteiger partial charge is 0.147 e. The summed E-state index contributed by atoms with van der Waals surface area (Å²) < 4.78 is 0. The van der Waals surface area contributed by atoms with Crippen LogP contribution in [0, 0.1) is 5.92 Å². The molecule has 0 saturated carbocycles. The number of nitrogens with one attached hydrogen (secondary N) is 1. The minimum atomic E-state index is 0.657. The molecule has 1 aliphatic rings. The van der Waals surface area contributed by atoms with Crippen molar-refractivity contribution >= 4 is 5.82 Å². The monoisotopic (exact) mass is 291 g/mol. The molecule has 2 rings (SSSR count). The fraction of sp³-hybridized carbons (Fsp3) is 0.750. The molecule has 0 aromatic carbocycles. The average Bonchev–Trinajstić information content (AvgIpc) is 2.98. The molecule has 0 spiro atoms. The first kappa shape index (κ1) is 16.2. The van der Waals surface area contributed by atoms with E-state index in [1.54, 1.807) is 0 Å². The van der Waals surface area contributed by atoms with Crippen molar-refractivity contribution in [3.63, 3.8) is 0 Å². The van der Waals surface area contributed by atoms with Crippen molar-refractivity contribution in [3.05, 3.63) is 18.1 Å². The lowest BCUT2D eigenvalue weighted by molar-refractivity contribution is 0.346. The van der Waals surface area contributed by atoms with Crippen LogP contribution in [0.5, 0.6) is 0 Å². The summed E-state index contributed by atoms with van der Waals surface area (Å²) in [7, 11) is 2.10. The molecule has 1 aromatic rings. The third-order valence-corrected chi connectivity index (χ3v) is 3.87. The van der Waals surface area contributed by atoms with Crippen LogP contribution in [0.1, 0.15) is 32.4 Å². The summed E-state index contributed by atoms with van der Waals surface area (Å²) in [6, 6.07) is 0. The Labute approximate surface area is 128 Å². The Bertz CT molecular complexity index is 415. The van der Waals surface area contributed by atoms with Crippen molar-refractivity contribution in [2.24, 2.45) is 5.92 Å². The quantitative estimate of drug-likeness (QED) is 0.790. The number of likely N-dealkylation sites (tertiary alicyclic amines) is 1. The van der Waals surface area contributed by atoms with Gasteiger partial charge in [-0.2, -0.15) is 0 Å². The van der Waals surface area contributed by atoms with E-state index < -0.39 is 0 Å². The number of aromatic nitrogens is 2. The van der Waals surface area contributed by atoms with E-state index in [0.717, 1.165) is 37.7 Å². The maximum Gasteiger partial charge on any atom is 0.147 e. The molecule has 0 atom stereocenters. The van der Waals surface area contributed by atoms with Gasteiger partial charge in [-0.1, -0.05) is 13.8 Å². The highest BCUT2D eigenvalue weighted by atomic mass is 15.2. The summed E-state index contributed by atoms with van der Waals surface area (Å²) >= 11 is 0. The molecule has 0 aliphatic carbocycles. The molecule has 118 valence electrons. The van der Waals surface area contributed by atoms with E-state index in [-0.39, 0.29) is 0 Å². The minimum Gasteiger partial charge on any atom is -0.357 e. The normalized spacial score (nSPS) is 15.8. The van der Waals surface area contributed by atoms with Gasteiger partial charge in [-0.15, -0.1) is 0 Å². The summed E-state index contributed by atoms with van der Waals surface area (Å²) in [6.07, 6.45) is 6.40. The molecule has 1 fully saturated rings. The average molecular weight is 291 g/mol. The fourth-order valence-electron chi connectivity index (χ4n) is 2.57. The van der Waals surface area contributed by atoms with Crippen molar-refractivity contribution in [2.45, 2.75) is 33.2 Å². The minimum absolute atomic E-state index is 0.657. The van der Waals surface area contributed by atoms with E-state index >= 15 is 0 Å². The Balaban J connectivity index is 1.80. The predicted octanol–water partition coefficient (Wildman–Crippen LogP) is 1.75. The van der Waals surface area contributed by atoms with Crippen molar-refractivity contribution < 1.29 is 0 Å². The zero-order chi connectivity index (χ0) is 15.1. The Morgan fingerprint density at radius 2 is 2.05 bits per heavy atom. The summed E-state index contributed by atoms with van der Waals surface area (Å²) in [6.45, 7) is 10.8. The Morgan fingerprint density at radius 3 is 2.76 bits per heavy atom. The van der Waals surface area contributed by atoms with Crippen LogP contribution in [0.15, 0.2) is 12.4 Å². The highest BCUT2D eigenvalue weighted by Crippen LogP contribution is 2.10. The molecule has 1 N–H and O–H groups in total. The number of nitrogens with zero attached hydrogens (tertiary/aromatic N) is 4. The first-order chi connectivity index (χ1) is 10.1. The van der Waals surface area contributed by atoms with Gasteiger partial charge in [0.05, 0.1) is 11.9 Å². The first-order valence-corrected chi connectivity index (χ1v) is 8.10. The lowest BCUT2D eigenvalue weighted by Gasteiger charge is -2.22. The van der Waals surface area contributed by atoms with Gasteiger partial charge in [0.2, 0.25) is 0 Å². The number of anilines is 1. The van der Waals surface area contributed by atoms with Crippen LogP contribution in [-0.2, 0) is 6.54 Å². The van der Waals surface area contributed by atoms with Crippen LogP contribution < -0.4 is 10.2 Å². The maximum absolute atomic E-state index is 4.70. The molecule has 0 bridgehead atoms. The molecule has 1 aromatic heterocycles. The Hall–Kier alpha value is -1.20. The van der Waals surface area contributed by atoms with Gasteiger partial charge in [-0.3, -0.25) is 4.98 Å². The molecule has 1 saturated heterocycles. The molecular weight excluding hydrogens is 262 g/mol. The van der Waals surface area contributed by atoms with Gasteiger partial charge < -0.3 is 15.1 Å². The van der Waals surface area contributed by atoms with E-state index in [9.17, 15) is 0 Å². The lowest BCUT2D eigenvalue weighted by atomic mass is 10.2. The molecule has 0 unspecified atom stereocenters. The zero-order valence-corrected chi connectivity index (χ0v) is 13.7. The maximum atomic E-state index is 4.70. The van der Waals surface area contributed by atoms with Crippen molar-refractivity contribution in [1.82, 2.24) is 20.2 Å². The van der Waals surface area contributed by atoms with Gasteiger partial charge in [0, 0.05) is 32.9 Å². The second-order valence-electron chi connectivity index (χ2n) is 6.36. The molecule has 0 radical (unpaired) electrons. The predicted molar refractivity (Wildman–Crippen MR) is 87.5 cm³/mol. The van der Waals surface area contributed by atoms with Crippen LogP contribution in [0.4, 0.5) is 5.82 Å². The SMILES string of the molecule is CC(C)CNCc1cncc(N(C)CCN2CCCC2)n1. The second-order valence-corrected chi connectivity index (χ2v) is 6.36. The molecule has 2 heterocycles. The number of likely N-dealkylation sites (N-methyl/N-ethyl adjacent to an activating group) is 1. The molecule has 0 amide bonds. The van der Waals surface area contributed by atoms with Gasteiger partial charge in [-0.25, -0.2) is 4.98 Å². The highest BCUT2D eigenvalue weighted by molar-refractivity contribution is 5.35. The summed E-state index contributed by atoms with van der Waals surface area (Å²) in [5.41, 5.74) is 1.01. The number of hydrogen-bond donors (Lipinski definition) is 1. The standard InChI is InChI=1S/C16H29N5/c1-14(2)10-17-11-15-12-18-13-16(19-15)20(3)8-9-21-6-4-5-7-21/h12-14,17H,4-11H2,1-3H3. The summed E-state index contributed by atoms with van der Waals surface area (Å²) in [4.78, 5) is 13.8. The molecule has 5 nitrogen and oxygen atoms in total. The van der Waals surface area contributed by atoms with Crippen LogP contribution in [0.3, 0.4) is 0 Å². The van der Waals surface area contributed by atoms with Crippen LogP contribution >= 0.6 is 0 Å². The van der Waals surface area contributed by atoms with Crippen LogP contribution in [-0.4, -0.2) is 54.6 Å². The van der Waals surface area contributed by atoms with Crippen LogP contribution in [0.2, 0.25) is 0 Å². The fourth-order valence-corrected chi connectivity index (χ4v) is 2.57. The van der Waals surface area contributed by atoms with Gasteiger partial charge in [0.1, 0.15) is 5.82 Å². The molecule has 5 heteroatoms. The third-order valence-electron chi connectivity index (χ3n) is 3.87. The van der Waals surface area contributed by atoms with Crippen molar-refractivity contribution in [3.8, 4) is 0 Å². The molecule has 21 heavy (non-hydrogen) atoms. The van der Waals surface area contributed by atoms with Gasteiger partial charge >= 0.3 is 0 Å². The summed E-state index contributed by atoms with van der Waals surface area (Å²) in [5, 5.41) is 3.41. The van der Waals surface area contributed by atoms with E-state index in [1.165, 1.54) is 25.9 Å². The Morgan fingerprint density at radius 1 is 1.29 bits per heavy atom. The number of rotatable bonds is 8. The third kappa shape index (κ3) is 5.59. The van der Waals surface area contributed by atoms with Gasteiger partial charge in [0.25, 0.3) is 0 Å². The van der Waals surface area contributed by atoms with Gasteiger partial charge in [0.15, 0.2) is 0 Å².